The fourth-order valence-electron chi connectivity index (χ4n) is 5.93. The molecule has 2 saturated heterocycles. The minimum atomic E-state index is -0.227. The smallest absolute Gasteiger partial charge is 0.270 e. The van der Waals surface area contributed by atoms with E-state index in [9.17, 15) is 14.9 Å². The molecule has 1 amide bonds. The van der Waals surface area contributed by atoms with Crippen molar-refractivity contribution in [1.82, 2.24) is 9.47 Å². The topological polar surface area (TPSA) is 69.3 Å². The van der Waals surface area contributed by atoms with Crippen LogP contribution >= 0.6 is 24.0 Å². The molecule has 188 valence electrons. The van der Waals surface area contributed by atoms with Gasteiger partial charge >= 0.3 is 0 Å². The number of hydrogen-bond acceptors (Lipinski definition) is 6. The summed E-state index contributed by atoms with van der Waals surface area (Å²) in [5, 5.41) is 9.90. The average molecular weight is 513 g/mol. The monoisotopic (exact) mass is 512 g/mol. The molecule has 0 radical (unpaired) electrons. The summed E-state index contributed by atoms with van der Waals surface area (Å²) in [4.78, 5) is 31.7. The number of carbonyl (C=O) groups excluding carboxylic acids is 1. The highest BCUT2D eigenvalue weighted by Gasteiger charge is 2.39. The van der Waals surface area contributed by atoms with Crippen LogP contribution in [-0.2, 0) is 11.3 Å². The molecule has 0 bridgehead atoms. The van der Waals surface area contributed by atoms with Crippen molar-refractivity contribution < 1.29 is 4.79 Å². The number of nitriles is 1. The Morgan fingerprint density at radius 3 is 2.43 bits per heavy atom. The molecule has 3 fully saturated rings. The van der Waals surface area contributed by atoms with Gasteiger partial charge in [-0.1, -0.05) is 64.0 Å². The molecule has 1 saturated carbocycles. The highest BCUT2D eigenvalue weighted by Crippen LogP contribution is 2.40. The third-order valence-corrected chi connectivity index (χ3v) is 8.87. The van der Waals surface area contributed by atoms with Gasteiger partial charge in [0.1, 0.15) is 21.8 Å². The predicted molar refractivity (Wildman–Crippen MR) is 147 cm³/mol. The van der Waals surface area contributed by atoms with E-state index in [1.807, 2.05) is 13.0 Å². The molecule has 0 spiro atoms. The molecule has 2 aliphatic heterocycles. The van der Waals surface area contributed by atoms with Crippen molar-refractivity contribution in [2.75, 3.05) is 18.0 Å². The van der Waals surface area contributed by atoms with Crippen LogP contribution in [0.25, 0.3) is 6.08 Å². The second kappa shape index (κ2) is 10.9. The van der Waals surface area contributed by atoms with Gasteiger partial charge < -0.3 is 4.90 Å². The molecule has 0 N–H and O–H groups in total. The first-order valence-corrected chi connectivity index (χ1v) is 14.2. The van der Waals surface area contributed by atoms with Crippen LogP contribution in [-0.4, -0.2) is 38.8 Å². The first-order chi connectivity index (χ1) is 16.8. The second-order valence-corrected chi connectivity index (χ2v) is 12.2. The lowest BCUT2D eigenvalue weighted by atomic mass is 9.91. The van der Waals surface area contributed by atoms with Crippen LogP contribution in [0.2, 0.25) is 0 Å². The normalized spacial score (nSPS) is 24.6. The van der Waals surface area contributed by atoms with Crippen LogP contribution in [0.3, 0.4) is 0 Å². The summed E-state index contributed by atoms with van der Waals surface area (Å²) in [5.74, 6) is 1.81. The molecule has 6 nitrogen and oxygen atoms in total. The van der Waals surface area contributed by atoms with Gasteiger partial charge in [-0.25, -0.2) is 0 Å². The lowest BCUT2D eigenvalue weighted by Crippen LogP contribution is -2.43. The van der Waals surface area contributed by atoms with E-state index in [2.05, 4.69) is 31.7 Å². The Balaban J connectivity index is 1.88. The number of unbranched alkanes of at least 4 members (excludes halogenated alkanes) is 1. The molecule has 35 heavy (non-hydrogen) atoms. The lowest BCUT2D eigenvalue weighted by molar-refractivity contribution is -0.123. The van der Waals surface area contributed by atoms with E-state index in [4.69, 9.17) is 12.2 Å². The highest BCUT2D eigenvalue weighted by molar-refractivity contribution is 8.26. The Kier molecular flexibility index (Phi) is 8.07. The number of thioether (sulfide) groups is 1. The number of piperidine rings is 1. The quantitative estimate of drug-likeness (QED) is 0.373. The number of nitrogens with zero attached hydrogens (tertiary/aromatic N) is 4. The van der Waals surface area contributed by atoms with Gasteiger partial charge in [-0.05, 0) is 56.1 Å². The fraction of sp³-hybridized carbons (Fsp3) is 0.630. The van der Waals surface area contributed by atoms with Crippen LogP contribution in [0.4, 0.5) is 5.82 Å². The third-order valence-electron chi connectivity index (χ3n) is 7.54. The van der Waals surface area contributed by atoms with Gasteiger partial charge in [-0.15, -0.1) is 0 Å². The highest BCUT2D eigenvalue weighted by atomic mass is 32.2. The Labute approximate surface area is 218 Å². The van der Waals surface area contributed by atoms with Gasteiger partial charge in [0.2, 0.25) is 0 Å². The number of amides is 1. The summed E-state index contributed by atoms with van der Waals surface area (Å²) in [6.07, 6.45) is 9.10. The molecule has 8 heteroatoms. The van der Waals surface area contributed by atoms with E-state index in [-0.39, 0.29) is 23.1 Å². The second-order valence-electron chi connectivity index (χ2n) is 10.5. The summed E-state index contributed by atoms with van der Waals surface area (Å²) in [6.45, 7) is 10.7. The Hall–Kier alpha value is -2.11. The van der Waals surface area contributed by atoms with Crippen LogP contribution in [0, 0.1) is 30.1 Å². The number of aromatic nitrogens is 1. The van der Waals surface area contributed by atoms with Crippen LogP contribution in [0.1, 0.15) is 82.4 Å². The fourth-order valence-corrected chi connectivity index (χ4v) is 7.31. The van der Waals surface area contributed by atoms with Crippen LogP contribution < -0.4 is 10.5 Å². The van der Waals surface area contributed by atoms with Gasteiger partial charge in [0.25, 0.3) is 11.5 Å². The summed E-state index contributed by atoms with van der Waals surface area (Å²) in [7, 11) is 0. The maximum Gasteiger partial charge on any atom is 0.270 e. The molecule has 1 aromatic rings. The van der Waals surface area contributed by atoms with E-state index >= 15 is 0 Å². The Bertz CT molecular complexity index is 1130. The standard InChI is InChI=1S/C27H36N4O2S2/c1-5-6-11-30-24(29-15-17(2)12-18(3)16-29)21(19(4)22(14-28)25(30)32)13-23-26(33)31(27(34)35-23)20-9-7-8-10-20/h13,17-18,20H,5-12,15-16H2,1-4H3/b23-13-. The van der Waals surface area contributed by atoms with Gasteiger partial charge in [0, 0.05) is 31.2 Å². The predicted octanol–water partition coefficient (Wildman–Crippen LogP) is 5.45. The Morgan fingerprint density at radius 2 is 1.83 bits per heavy atom. The number of rotatable bonds is 6. The first-order valence-electron chi connectivity index (χ1n) is 13.0. The van der Waals surface area contributed by atoms with Crippen molar-refractivity contribution in [3.63, 3.8) is 0 Å². The van der Waals surface area contributed by atoms with Crippen molar-refractivity contribution in [3.05, 3.63) is 31.9 Å². The minimum absolute atomic E-state index is 0.0394. The zero-order valence-corrected chi connectivity index (χ0v) is 22.9. The van der Waals surface area contributed by atoms with Crippen molar-refractivity contribution in [3.8, 4) is 6.07 Å². The number of anilines is 1. The molecule has 0 aromatic carbocycles. The Morgan fingerprint density at radius 1 is 1.17 bits per heavy atom. The summed E-state index contributed by atoms with van der Waals surface area (Å²) < 4.78 is 2.41. The zero-order chi connectivity index (χ0) is 25.3. The summed E-state index contributed by atoms with van der Waals surface area (Å²) in [5.41, 5.74) is 1.40. The molecule has 3 aliphatic rings. The van der Waals surface area contributed by atoms with Gasteiger partial charge in [-0.2, -0.15) is 5.26 Å². The van der Waals surface area contributed by atoms with Crippen molar-refractivity contribution >= 4 is 46.1 Å². The van der Waals surface area contributed by atoms with E-state index in [1.165, 1.54) is 11.8 Å². The van der Waals surface area contributed by atoms with E-state index in [0.717, 1.165) is 69.4 Å². The molecule has 2 atom stereocenters. The van der Waals surface area contributed by atoms with E-state index in [0.29, 0.717) is 33.2 Å². The number of hydrogen-bond donors (Lipinski definition) is 0. The van der Waals surface area contributed by atoms with Crippen LogP contribution in [0.15, 0.2) is 9.70 Å². The summed E-state index contributed by atoms with van der Waals surface area (Å²) >= 11 is 6.98. The zero-order valence-electron chi connectivity index (χ0n) is 21.3. The molecule has 1 aliphatic carbocycles. The number of pyridine rings is 1. The SMILES string of the molecule is CCCCn1c(N2CC(C)CC(C)C2)c(/C=C2\SC(=S)N(C3CCCC3)C2=O)c(C)c(C#N)c1=O. The molecular weight excluding hydrogens is 476 g/mol. The van der Waals surface area contributed by atoms with Crippen molar-refractivity contribution in [2.24, 2.45) is 11.8 Å². The van der Waals surface area contributed by atoms with Gasteiger partial charge in [0.05, 0.1) is 4.91 Å². The molecular formula is C27H36N4O2S2. The minimum Gasteiger partial charge on any atom is -0.357 e. The summed E-state index contributed by atoms with van der Waals surface area (Å²) in [6, 6.07) is 2.34. The first kappa shape index (κ1) is 26.0. The van der Waals surface area contributed by atoms with Crippen LogP contribution in [0.5, 0.6) is 0 Å². The third kappa shape index (κ3) is 5.08. The average Bonchev–Trinajstić information content (AvgIpc) is 3.42. The maximum atomic E-state index is 13.5. The molecule has 1 aromatic heterocycles. The molecule has 3 heterocycles. The van der Waals surface area contributed by atoms with Crippen molar-refractivity contribution in [1.29, 1.82) is 5.26 Å². The van der Waals surface area contributed by atoms with E-state index < -0.39 is 0 Å². The van der Waals surface area contributed by atoms with E-state index in [1.54, 1.807) is 9.47 Å². The number of thiocarbonyl (C=S) groups is 1. The molecule has 4 rings (SSSR count). The van der Waals surface area contributed by atoms with Gasteiger partial charge in [0.15, 0.2) is 0 Å². The van der Waals surface area contributed by atoms with Gasteiger partial charge in [-0.3, -0.25) is 19.1 Å². The van der Waals surface area contributed by atoms with Crippen molar-refractivity contribution in [2.45, 2.75) is 85.2 Å². The largest absolute Gasteiger partial charge is 0.357 e. The lowest BCUT2D eigenvalue weighted by Gasteiger charge is -2.39. The number of carbonyl (C=O) groups is 1. The maximum absolute atomic E-state index is 13.5. The molecule has 2 unspecified atom stereocenters.